The van der Waals surface area contributed by atoms with Crippen LogP contribution in [0.2, 0.25) is 0 Å². The third kappa shape index (κ3) is 3.40. The van der Waals surface area contributed by atoms with Gasteiger partial charge in [0.2, 0.25) is 0 Å². The first-order valence-corrected chi connectivity index (χ1v) is 2.13. The van der Waals surface area contributed by atoms with E-state index in [2.05, 4.69) is 11.3 Å². The summed E-state index contributed by atoms with van der Waals surface area (Å²) in [7, 11) is 0. The smallest absolute Gasteiger partial charge is 0.345 e. The summed E-state index contributed by atoms with van der Waals surface area (Å²) in [6.45, 7) is 1.71. The van der Waals surface area contributed by atoms with Gasteiger partial charge in [-0.05, 0) is 0 Å². The molecule has 0 spiro atoms. The zero-order valence-corrected chi connectivity index (χ0v) is 4.59. The maximum Gasteiger partial charge on any atom is 0.345 e. The van der Waals surface area contributed by atoms with Crippen LogP contribution in [-0.2, 0) is 14.3 Å². The fraction of sp³-hybridized carbons (Fsp3) is 0.200. The fourth-order valence-corrected chi connectivity index (χ4v) is 0.181. The molecule has 0 N–H and O–H groups in total. The van der Waals surface area contributed by atoms with Crippen molar-refractivity contribution in [2.45, 2.75) is 0 Å². The Labute approximate surface area is 51.1 Å². The second-order valence-corrected chi connectivity index (χ2v) is 1.13. The highest BCUT2D eigenvalue weighted by Gasteiger charge is 2.04. The number of ether oxygens (including phenoxy) is 1. The maximum absolute atomic E-state index is 11.2. The summed E-state index contributed by atoms with van der Waals surface area (Å²) >= 11 is 0. The van der Waals surface area contributed by atoms with Gasteiger partial charge in [0.25, 0.3) is 0 Å². The highest BCUT2D eigenvalue weighted by molar-refractivity contribution is 5.91. The summed E-state index contributed by atoms with van der Waals surface area (Å²) in [5.41, 5.74) is 0. The minimum absolute atomic E-state index is 0.785. The maximum atomic E-state index is 11.2. The molecular formula is C5H5FO3. The van der Waals surface area contributed by atoms with Crippen LogP contribution in [0.3, 0.4) is 0 Å². The van der Waals surface area contributed by atoms with E-state index in [0.29, 0.717) is 0 Å². The number of carbonyl (C=O) groups is 2. The van der Waals surface area contributed by atoms with Gasteiger partial charge >= 0.3 is 11.9 Å². The highest BCUT2D eigenvalue weighted by Crippen LogP contribution is 1.81. The van der Waals surface area contributed by atoms with Crippen LogP contribution in [0, 0.1) is 0 Å². The van der Waals surface area contributed by atoms with Crippen LogP contribution in [0.4, 0.5) is 4.39 Å². The molecule has 0 rings (SSSR count). The molecular weight excluding hydrogens is 127 g/mol. The molecule has 0 aromatic carbocycles. The molecule has 4 heteroatoms. The molecule has 0 saturated heterocycles. The van der Waals surface area contributed by atoms with E-state index >= 15 is 0 Å². The Morgan fingerprint density at radius 2 is 2.22 bits per heavy atom. The van der Waals surface area contributed by atoms with Gasteiger partial charge < -0.3 is 4.74 Å². The first kappa shape index (κ1) is 7.81. The Kier molecular flexibility index (Phi) is 3.27. The van der Waals surface area contributed by atoms with Crippen molar-refractivity contribution >= 4 is 11.9 Å². The van der Waals surface area contributed by atoms with Crippen molar-refractivity contribution in [1.29, 1.82) is 0 Å². The Hall–Kier alpha value is -1.19. The molecule has 50 valence electrons. The molecule has 0 amide bonds. The van der Waals surface area contributed by atoms with Crippen molar-refractivity contribution in [3.63, 3.8) is 0 Å². The number of halogens is 1. The fourth-order valence-electron chi connectivity index (χ4n) is 0.181. The summed E-state index contributed by atoms with van der Waals surface area (Å²) in [4.78, 5) is 20.0. The highest BCUT2D eigenvalue weighted by atomic mass is 19.1. The first-order chi connectivity index (χ1) is 4.20. The van der Waals surface area contributed by atoms with Crippen molar-refractivity contribution in [2.75, 3.05) is 6.67 Å². The van der Waals surface area contributed by atoms with Gasteiger partial charge in [-0.1, -0.05) is 6.58 Å². The average molecular weight is 132 g/mol. The molecule has 0 fully saturated rings. The lowest BCUT2D eigenvalue weighted by atomic mass is 10.6. The first-order valence-electron chi connectivity index (χ1n) is 2.13. The molecule has 0 aromatic heterocycles. The van der Waals surface area contributed by atoms with Crippen LogP contribution in [0.1, 0.15) is 0 Å². The zero-order valence-electron chi connectivity index (χ0n) is 4.59. The van der Waals surface area contributed by atoms with Gasteiger partial charge in [0, 0.05) is 6.08 Å². The lowest BCUT2D eigenvalue weighted by Gasteiger charge is -1.91. The number of hydrogen-bond acceptors (Lipinski definition) is 3. The second kappa shape index (κ2) is 3.77. The molecule has 0 radical (unpaired) electrons. The third-order valence-electron chi connectivity index (χ3n) is 0.490. The number of alkyl halides is 1. The van der Waals surface area contributed by atoms with Crippen LogP contribution in [0.25, 0.3) is 0 Å². The molecule has 0 bridgehead atoms. The van der Waals surface area contributed by atoms with Gasteiger partial charge in [-0.3, -0.25) is 0 Å². The van der Waals surface area contributed by atoms with Crippen molar-refractivity contribution in [1.82, 2.24) is 0 Å². The molecule has 3 nitrogen and oxygen atoms in total. The van der Waals surface area contributed by atoms with E-state index in [-0.39, 0.29) is 0 Å². The van der Waals surface area contributed by atoms with E-state index in [4.69, 9.17) is 0 Å². The Bertz CT molecular complexity index is 141. The summed E-state index contributed by atoms with van der Waals surface area (Å²) in [6.07, 6.45) is 0.785. The van der Waals surface area contributed by atoms with Gasteiger partial charge in [-0.15, -0.1) is 0 Å². The largest absolute Gasteiger partial charge is 0.388 e. The SMILES string of the molecule is C=CC(=O)OC(=O)CF. The predicted octanol–water partition coefficient (Wildman–Crippen LogP) is 0.212. The molecule has 0 aliphatic heterocycles. The minimum atomic E-state index is -1.29. The molecule has 9 heavy (non-hydrogen) atoms. The van der Waals surface area contributed by atoms with Gasteiger partial charge in [-0.25, -0.2) is 14.0 Å². The third-order valence-corrected chi connectivity index (χ3v) is 0.490. The minimum Gasteiger partial charge on any atom is -0.388 e. The van der Waals surface area contributed by atoms with Crippen molar-refractivity contribution < 1.29 is 18.7 Å². The van der Waals surface area contributed by atoms with E-state index in [1.807, 2.05) is 0 Å². The molecule has 0 heterocycles. The lowest BCUT2D eigenvalue weighted by Crippen LogP contribution is -2.10. The number of esters is 2. The molecule has 0 aliphatic carbocycles. The van der Waals surface area contributed by atoms with E-state index in [9.17, 15) is 14.0 Å². The normalized spacial score (nSPS) is 8.11. The van der Waals surface area contributed by atoms with Crippen LogP contribution in [0.15, 0.2) is 12.7 Å². The van der Waals surface area contributed by atoms with E-state index in [0.717, 1.165) is 6.08 Å². The molecule has 0 unspecified atom stereocenters. The van der Waals surface area contributed by atoms with E-state index in [1.165, 1.54) is 0 Å². The van der Waals surface area contributed by atoms with Crippen molar-refractivity contribution in [3.8, 4) is 0 Å². The molecule has 0 aromatic rings. The summed E-state index contributed by atoms with van der Waals surface area (Å²) in [5.74, 6) is -2.13. The molecule has 0 aliphatic rings. The summed E-state index contributed by atoms with van der Waals surface area (Å²) in [5, 5.41) is 0. The van der Waals surface area contributed by atoms with Gasteiger partial charge in [0.15, 0.2) is 6.67 Å². The zero-order chi connectivity index (χ0) is 7.28. The van der Waals surface area contributed by atoms with Crippen LogP contribution < -0.4 is 0 Å². The summed E-state index contributed by atoms with van der Waals surface area (Å²) in [6, 6.07) is 0. The van der Waals surface area contributed by atoms with Crippen LogP contribution in [0.5, 0.6) is 0 Å². The van der Waals surface area contributed by atoms with Crippen LogP contribution in [-0.4, -0.2) is 18.6 Å². The van der Waals surface area contributed by atoms with E-state index in [1.54, 1.807) is 0 Å². The standard InChI is InChI=1S/C5H5FO3/c1-2-4(7)9-5(8)3-6/h2H,1,3H2. The number of carbonyl (C=O) groups excluding carboxylic acids is 2. The van der Waals surface area contributed by atoms with Crippen molar-refractivity contribution in [3.05, 3.63) is 12.7 Å². The molecule has 0 saturated carbocycles. The van der Waals surface area contributed by atoms with Gasteiger partial charge in [0.1, 0.15) is 0 Å². The van der Waals surface area contributed by atoms with Gasteiger partial charge in [0.05, 0.1) is 0 Å². The van der Waals surface area contributed by atoms with E-state index < -0.39 is 18.6 Å². The molecule has 0 atom stereocenters. The number of hydrogen-bond donors (Lipinski definition) is 0. The lowest BCUT2D eigenvalue weighted by molar-refractivity contribution is -0.156. The quantitative estimate of drug-likeness (QED) is 0.306. The number of rotatable bonds is 2. The topological polar surface area (TPSA) is 43.4 Å². The van der Waals surface area contributed by atoms with Crippen molar-refractivity contribution in [2.24, 2.45) is 0 Å². The monoisotopic (exact) mass is 132 g/mol. The Morgan fingerprint density at radius 3 is 2.56 bits per heavy atom. The Balaban J connectivity index is 3.59. The average Bonchev–Trinajstić information content (AvgIpc) is 1.87. The Morgan fingerprint density at radius 1 is 1.67 bits per heavy atom. The summed E-state index contributed by atoms with van der Waals surface area (Å²) < 4.78 is 15.0. The predicted molar refractivity (Wildman–Crippen MR) is 27.3 cm³/mol. The van der Waals surface area contributed by atoms with Crippen LogP contribution >= 0.6 is 0 Å². The van der Waals surface area contributed by atoms with Gasteiger partial charge in [-0.2, -0.15) is 0 Å². The second-order valence-electron chi connectivity index (χ2n) is 1.13.